The summed E-state index contributed by atoms with van der Waals surface area (Å²) in [4.78, 5) is 2.44. The van der Waals surface area contributed by atoms with Gasteiger partial charge in [0.25, 0.3) is 0 Å². The summed E-state index contributed by atoms with van der Waals surface area (Å²) in [7, 11) is 0. The van der Waals surface area contributed by atoms with Crippen molar-refractivity contribution in [2.75, 3.05) is 19.6 Å². The van der Waals surface area contributed by atoms with Gasteiger partial charge in [-0.3, -0.25) is 4.90 Å². The van der Waals surface area contributed by atoms with Crippen molar-refractivity contribution in [3.8, 4) is 0 Å². The fourth-order valence-corrected chi connectivity index (χ4v) is 3.09. The Bertz CT molecular complexity index is 294. The molecule has 0 aromatic carbocycles. The molecule has 2 nitrogen and oxygen atoms in total. The van der Waals surface area contributed by atoms with Crippen LogP contribution in [0.2, 0.25) is 4.34 Å². The first-order valence-corrected chi connectivity index (χ1v) is 6.25. The van der Waals surface area contributed by atoms with E-state index in [4.69, 9.17) is 17.3 Å². The first kappa shape index (κ1) is 10.4. The molecule has 2 heterocycles. The van der Waals surface area contributed by atoms with Crippen LogP contribution in [0.4, 0.5) is 0 Å². The average molecular weight is 231 g/mol. The lowest BCUT2D eigenvalue weighted by Crippen LogP contribution is -2.31. The van der Waals surface area contributed by atoms with Crippen molar-refractivity contribution in [3.05, 3.63) is 21.3 Å². The maximum atomic E-state index is 6.13. The Labute approximate surface area is 93.7 Å². The van der Waals surface area contributed by atoms with E-state index in [9.17, 15) is 0 Å². The number of likely N-dealkylation sites (tertiary alicyclic amines) is 1. The predicted octanol–water partition coefficient (Wildman–Crippen LogP) is 2.50. The Morgan fingerprint density at radius 1 is 1.50 bits per heavy atom. The first-order valence-electron chi connectivity index (χ1n) is 5.00. The molecule has 1 aromatic heterocycles. The van der Waals surface area contributed by atoms with E-state index < -0.39 is 0 Å². The van der Waals surface area contributed by atoms with E-state index >= 15 is 0 Å². The molecule has 1 aliphatic heterocycles. The molecule has 14 heavy (non-hydrogen) atoms. The maximum Gasteiger partial charge on any atom is 0.0976 e. The standard InChI is InChI=1S/C10H15ClN2S/c11-10-8(3-6-14-10)9(7-12)13-4-1-2-5-13/h3,6,9H,1-2,4-5,7,12H2. The molecule has 1 aromatic rings. The highest BCUT2D eigenvalue weighted by Crippen LogP contribution is 2.32. The average Bonchev–Trinajstić information content (AvgIpc) is 2.80. The van der Waals surface area contributed by atoms with Gasteiger partial charge in [0.05, 0.1) is 4.34 Å². The molecule has 1 atom stereocenters. The van der Waals surface area contributed by atoms with E-state index in [1.807, 2.05) is 5.38 Å². The van der Waals surface area contributed by atoms with Gasteiger partial charge < -0.3 is 5.73 Å². The molecular weight excluding hydrogens is 216 g/mol. The fraction of sp³-hybridized carbons (Fsp3) is 0.600. The van der Waals surface area contributed by atoms with E-state index in [0.717, 1.165) is 17.4 Å². The van der Waals surface area contributed by atoms with Gasteiger partial charge in [-0.15, -0.1) is 11.3 Å². The molecule has 1 unspecified atom stereocenters. The normalized spacial score (nSPS) is 20.1. The van der Waals surface area contributed by atoms with Gasteiger partial charge in [-0.25, -0.2) is 0 Å². The summed E-state index contributed by atoms with van der Waals surface area (Å²) in [6.07, 6.45) is 2.58. The molecule has 78 valence electrons. The molecule has 1 saturated heterocycles. The molecule has 2 rings (SSSR count). The molecule has 0 radical (unpaired) electrons. The van der Waals surface area contributed by atoms with Crippen LogP contribution in [-0.2, 0) is 0 Å². The summed E-state index contributed by atoms with van der Waals surface area (Å²) >= 11 is 7.72. The maximum absolute atomic E-state index is 6.13. The van der Waals surface area contributed by atoms with Crippen LogP contribution in [0.25, 0.3) is 0 Å². The molecule has 0 aliphatic carbocycles. The van der Waals surface area contributed by atoms with Gasteiger partial charge in [-0.2, -0.15) is 0 Å². The fourth-order valence-electron chi connectivity index (χ4n) is 2.07. The Balaban J connectivity index is 2.16. The predicted molar refractivity (Wildman–Crippen MR) is 61.9 cm³/mol. The minimum Gasteiger partial charge on any atom is -0.329 e. The summed E-state index contributed by atoms with van der Waals surface area (Å²) in [6, 6.07) is 2.43. The van der Waals surface area contributed by atoms with Crippen molar-refractivity contribution in [1.82, 2.24) is 4.90 Å². The van der Waals surface area contributed by atoms with Crippen molar-refractivity contribution in [3.63, 3.8) is 0 Å². The van der Waals surface area contributed by atoms with Crippen molar-refractivity contribution < 1.29 is 0 Å². The number of nitrogens with two attached hydrogens (primary N) is 1. The quantitative estimate of drug-likeness (QED) is 0.865. The number of nitrogens with zero attached hydrogens (tertiary/aromatic N) is 1. The molecule has 0 amide bonds. The van der Waals surface area contributed by atoms with Crippen LogP contribution >= 0.6 is 22.9 Å². The largest absolute Gasteiger partial charge is 0.329 e. The Morgan fingerprint density at radius 3 is 2.71 bits per heavy atom. The number of hydrogen-bond acceptors (Lipinski definition) is 3. The van der Waals surface area contributed by atoms with Crippen molar-refractivity contribution >= 4 is 22.9 Å². The van der Waals surface area contributed by atoms with Crippen molar-refractivity contribution in [1.29, 1.82) is 0 Å². The summed E-state index contributed by atoms with van der Waals surface area (Å²) in [5, 5.41) is 2.04. The highest BCUT2D eigenvalue weighted by atomic mass is 35.5. The van der Waals surface area contributed by atoms with E-state index in [2.05, 4.69) is 11.0 Å². The molecule has 2 N–H and O–H groups in total. The van der Waals surface area contributed by atoms with Crippen LogP contribution < -0.4 is 5.73 Å². The minimum atomic E-state index is 0.330. The second kappa shape index (κ2) is 4.62. The monoisotopic (exact) mass is 230 g/mol. The lowest BCUT2D eigenvalue weighted by atomic mass is 10.1. The van der Waals surface area contributed by atoms with Crippen LogP contribution in [0.3, 0.4) is 0 Å². The van der Waals surface area contributed by atoms with Gasteiger partial charge in [0.15, 0.2) is 0 Å². The molecule has 4 heteroatoms. The highest BCUT2D eigenvalue weighted by Gasteiger charge is 2.24. The van der Waals surface area contributed by atoms with Gasteiger partial charge >= 0.3 is 0 Å². The van der Waals surface area contributed by atoms with Crippen molar-refractivity contribution in [2.24, 2.45) is 5.73 Å². The zero-order valence-corrected chi connectivity index (χ0v) is 9.65. The van der Waals surface area contributed by atoms with E-state index in [1.54, 1.807) is 11.3 Å². The molecule has 0 spiro atoms. The van der Waals surface area contributed by atoms with Crippen LogP contribution in [-0.4, -0.2) is 24.5 Å². The van der Waals surface area contributed by atoms with E-state index in [1.165, 1.54) is 18.4 Å². The molecular formula is C10H15ClN2S. The number of hydrogen-bond donors (Lipinski definition) is 1. The van der Waals surface area contributed by atoms with Crippen LogP contribution in [0, 0.1) is 0 Å². The van der Waals surface area contributed by atoms with Gasteiger partial charge in [0.2, 0.25) is 0 Å². The number of thiophene rings is 1. The second-order valence-electron chi connectivity index (χ2n) is 3.64. The molecule has 0 bridgehead atoms. The van der Waals surface area contributed by atoms with E-state index in [-0.39, 0.29) is 0 Å². The lowest BCUT2D eigenvalue weighted by molar-refractivity contribution is 0.252. The third-order valence-corrected chi connectivity index (χ3v) is 4.01. The third kappa shape index (κ3) is 1.96. The van der Waals surface area contributed by atoms with Crippen molar-refractivity contribution in [2.45, 2.75) is 18.9 Å². The first-order chi connectivity index (χ1) is 6.83. The van der Waals surface area contributed by atoms with Gasteiger partial charge in [0.1, 0.15) is 0 Å². The van der Waals surface area contributed by atoms with Gasteiger partial charge in [-0.05, 0) is 37.4 Å². The zero-order chi connectivity index (χ0) is 9.97. The van der Waals surface area contributed by atoms with Crippen LogP contribution in [0.5, 0.6) is 0 Å². The summed E-state index contributed by atoms with van der Waals surface area (Å²) in [5.74, 6) is 0. The summed E-state index contributed by atoms with van der Waals surface area (Å²) < 4.78 is 0.896. The Morgan fingerprint density at radius 2 is 2.21 bits per heavy atom. The van der Waals surface area contributed by atoms with Gasteiger partial charge in [0, 0.05) is 18.2 Å². The molecule has 1 aliphatic rings. The lowest BCUT2D eigenvalue weighted by Gasteiger charge is -2.25. The topological polar surface area (TPSA) is 29.3 Å². The molecule has 1 fully saturated rings. The van der Waals surface area contributed by atoms with Crippen LogP contribution in [0.1, 0.15) is 24.4 Å². The Kier molecular flexibility index (Phi) is 3.44. The second-order valence-corrected chi connectivity index (χ2v) is 5.16. The smallest absolute Gasteiger partial charge is 0.0976 e. The number of rotatable bonds is 3. The third-order valence-electron chi connectivity index (χ3n) is 2.81. The van der Waals surface area contributed by atoms with Gasteiger partial charge in [-0.1, -0.05) is 11.6 Å². The highest BCUT2D eigenvalue weighted by molar-refractivity contribution is 7.14. The van der Waals surface area contributed by atoms with Crippen LogP contribution in [0.15, 0.2) is 11.4 Å². The number of halogens is 1. The van der Waals surface area contributed by atoms with E-state index in [0.29, 0.717) is 12.6 Å². The SMILES string of the molecule is NCC(c1ccsc1Cl)N1CCCC1. The summed E-state index contributed by atoms with van der Waals surface area (Å²) in [6.45, 7) is 2.98. The Hall–Kier alpha value is -0.0900. The zero-order valence-electron chi connectivity index (χ0n) is 8.08. The minimum absolute atomic E-state index is 0.330. The summed E-state index contributed by atoms with van der Waals surface area (Å²) in [5.41, 5.74) is 7.03. The molecule has 0 saturated carbocycles.